The van der Waals surface area contributed by atoms with Crippen LogP contribution in [0.5, 0.6) is 0 Å². The molecule has 0 spiro atoms. The van der Waals surface area contributed by atoms with E-state index in [1.54, 1.807) is 11.6 Å². The Labute approximate surface area is 163 Å². The smallest absolute Gasteiger partial charge is 0.299 e. The second-order valence-electron chi connectivity index (χ2n) is 7.11. The van der Waals surface area contributed by atoms with E-state index in [1.807, 2.05) is 42.5 Å². The Balaban J connectivity index is 1.49. The number of aromatic nitrogens is 3. The molecular formula is C21H23ClN4O. The summed E-state index contributed by atoms with van der Waals surface area (Å²) in [7, 11) is 1.72. The van der Waals surface area contributed by atoms with Gasteiger partial charge in [0.25, 0.3) is 0 Å². The van der Waals surface area contributed by atoms with E-state index in [-0.39, 0.29) is 5.69 Å². The Hall–Kier alpha value is -2.37. The van der Waals surface area contributed by atoms with Gasteiger partial charge in [0.05, 0.1) is 5.69 Å². The number of hydrogen-bond donors (Lipinski definition) is 0. The molecule has 140 valence electrons. The molecule has 27 heavy (non-hydrogen) atoms. The van der Waals surface area contributed by atoms with Gasteiger partial charge in [-0.3, -0.25) is 4.90 Å². The molecule has 0 unspecified atom stereocenters. The van der Waals surface area contributed by atoms with Gasteiger partial charge < -0.3 is 0 Å². The first-order valence-electron chi connectivity index (χ1n) is 9.30. The lowest BCUT2D eigenvalue weighted by Gasteiger charge is -2.31. The number of piperidine rings is 1. The van der Waals surface area contributed by atoms with Gasteiger partial charge in [0, 0.05) is 24.5 Å². The molecule has 0 bridgehead atoms. The maximum atomic E-state index is 12.6. The van der Waals surface area contributed by atoms with Gasteiger partial charge in [-0.2, -0.15) is 5.10 Å². The Morgan fingerprint density at radius 3 is 2.37 bits per heavy atom. The Morgan fingerprint density at radius 1 is 1.04 bits per heavy atom. The molecule has 6 heteroatoms. The zero-order chi connectivity index (χ0) is 18.8. The molecule has 1 saturated heterocycles. The van der Waals surface area contributed by atoms with Crippen LogP contribution in [0.25, 0.3) is 5.69 Å². The molecule has 2 aromatic carbocycles. The lowest BCUT2D eigenvalue weighted by Crippen LogP contribution is -2.33. The van der Waals surface area contributed by atoms with Crippen molar-refractivity contribution in [2.24, 2.45) is 7.05 Å². The highest BCUT2D eigenvalue weighted by Gasteiger charge is 2.26. The third-order valence-corrected chi connectivity index (χ3v) is 5.49. The highest BCUT2D eigenvalue weighted by Crippen LogP contribution is 2.28. The summed E-state index contributed by atoms with van der Waals surface area (Å²) >= 11 is 5.97. The maximum absolute atomic E-state index is 12.6. The predicted molar refractivity (Wildman–Crippen MR) is 108 cm³/mol. The molecule has 0 atom stereocenters. The van der Waals surface area contributed by atoms with Crippen molar-refractivity contribution in [3.8, 4) is 5.69 Å². The number of benzene rings is 2. The number of hydrogen-bond acceptors (Lipinski definition) is 3. The molecule has 1 aliphatic heterocycles. The number of halogens is 1. The normalized spacial score (nSPS) is 15.9. The quantitative estimate of drug-likeness (QED) is 0.692. The van der Waals surface area contributed by atoms with Crippen LogP contribution in [0.15, 0.2) is 59.4 Å². The number of para-hydroxylation sites is 1. The number of rotatable bonds is 4. The van der Waals surface area contributed by atoms with E-state index in [9.17, 15) is 4.79 Å². The van der Waals surface area contributed by atoms with Gasteiger partial charge in [-0.15, -0.1) is 0 Å². The first-order chi connectivity index (χ1) is 13.1. The van der Waals surface area contributed by atoms with Crippen LogP contribution in [0.2, 0.25) is 5.02 Å². The SMILES string of the molecule is Cn1nc(C2CCN(Cc3ccc(Cl)cc3)CC2)n(-c2ccccc2)c1=O. The fourth-order valence-electron chi connectivity index (χ4n) is 3.77. The summed E-state index contributed by atoms with van der Waals surface area (Å²) < 4.78 is 3.21. The van der Waals surface area contributed by atoms with Crippen LogP contribution < -0.4 is 5.69 Å². The summed E-state index contributed by atoms with van der Waals surface area (Å²) in [5, 5.41) is 5.33. The van der Waals surface area contributed by atoms with Crippen molar-refractivity contribution in [1.29, 1.82) is 0 Å². The summed E-state index contributed by atoms with van der Waals surface area (Å²) in [6, 6.07) is 17.8. The molecule has 4 rings (SSSR count). The summed E-state index contributed by atoms with van der Waals surface area (Å²) in [5.41, 5.74) is 2.07. The average Bonchev–Trinajstić information content (AvgIpc) is 3.00. The highest BCUT2D eigenvalue weighted by molar-refractivity contribution is 6.30. The van der Waals surface area contributed by atoms with Crippen molar-refractivity contribution in [3.63, 3.8) is 0 Å². The van der Waals surface area contributed by atoms with Crippen molar-refractivity contribution in [2.45, 2.75) is 25.3 Å². The van der Waals surface area contributed by atoms with E-state index in [4.69, 9.17) is 11.6 Å². The van der Waals surface area contributed by atoms with Crippen LogP contribution in [0.1, 0.15) is 30.1 Å². The summed E-state index contributed by atoms with van der Waals surface area (Å²) in [6.07, 6.45) is 1.99. The molecule has 3 aromatic rings. The largest absolute Gasteiger partial charge is 0.350 e. The molecule has 2 heterocycles. The van der Waals surface area contributed by atoms with Crippen molar-refractivity contribution < 1.29 is 0 Å². The average molecular weight is 383 g/mol. The lowest BCUT2D eigenvalue weighted by atomic mass is 9.95. The molecule has 1 aliphatic rings. The van der Waals surface area contributed by atoms with Crippen molar-refractivity contribution in [2.75, 3.05) is 13.1 Å². The minimum atomic E-state index is -0.0835. The van der Waals surface area contributed by atoms with Gasteiger partial charge in [-0.25, -0.2) is 14.0 Å². The van der Waals surface area contributed by atoms with Crippen LogP contribution in [0.4, 0.5) is 0 Å². The van der Waals surface area contributed by atoms with E-state index in [0.29, 0.717) is 5.92 Å². The maximum Gasteiger partial charge on any atom is 0.350 e. The fraction of sp³-hybridized carbons (Fsp3) is 0.333. The topological polar surface area (TPSA) is 43.1 Å². The summed E-state index contributed by atoms with van der Waals surface area (Å²) in [4.78, 5) is 15.1. The fourth-order valence-corrected chi connectivity index (χ4v) is 3.89. The van der Waals surface area contributed by atoms with Crippen molar-refractivity contribution >= 4 is 11.6 Å². The number of nitrogens with zero attached hydrogens (tertiary/aromatic N) is 4. The standard InChI is InChI=1S/C21H23ClN4O/c1-24-21(27)26(19-5-3-2-4-6-19)20(23-24)17-11-13-25(14-12-17)15-16-7-9-18(22)10-8-16/h2-10,17H,11-15H2,1H3. The minimum Gasteiger partial charge on any atom is -0.299 e. The molecular weight excluding hydrogens is 360 g/mol. The molecule has 0 N–H and O–H groups in total. The third-order valence-electron chi connectivity index (χ3n) is 5.24. The van der Waals surface area contributed by atoms with Gasteiger partial charge in [0.15, 0.2) is 0 Å². The zero-order valence-electron chi connectivity index (χ0n) is 15.4. The van der Waals surface area contributed by atoms with Crippen LogP contribution >= 0.6 is 11.6 Å². The summed E-state index contributed by atoms with van der Waals surface area (Å²) in [5.74, 6) is 1.17. The number of aryl methyl sites for hydroxylation is 1. The highest BCUT2D eigenvalue weighted by atomic mass is 35.5. The predicted octanol–water partition coefficient (Wildman–Crippen LogP) is 3.60. The number of likely N-dealkylation sites (tertiary alicyclic amines) is 1. The van der Waals surface area contributed by atoms with Gasteiger partial charge in [0.1, 0.15) is 5.82 Å². The van der Waals surface area contributed by atoms with E-state index >= 15 is 0 Å². The van der Waals surface area contributed by atoms with Crippen LogP contribution in [-0.4, -0.2) is 32.3 Å². The van der Waals surface area contributed by atoms with Gasteiger partial charge in [-0.05, 0) is 55.8 Å². The minimum absolute atomic E-state index is 0.0835. The molecule has 5 nitrogen and oxygen atoms in total. The van der Waals surface area contributed by atoms with E-state index in [1.165, 1.54) is 10.2 Å². The molecule has 0 amide bonds. The lowest BCUT2D eigenvalue weighted by molar-refractivity contribution is 0.201. The Kier molecular flexibility index (Phi) is 5.14. The molecule has 0 saturated carbocycles. The van der Waals surface area contributed by atoms with Gasteiger partial charge in [-0.1, -0.05) is 41.9 Å². The first kappa shape index (κ1) is 18.0. The van der Waals surface area contributed by atoms with E-state index in [2.05, 4.69) is 22.1 Å². The zero-order valence-corrected chi connectivity index (χ0v) is 16.1. The van der Waals surface area contributed by atoms with Crippen LogP contribution in [-0.2, 0) is 13.6 Å². The van der Waals surface area contributed by atoms with Gasteiger partial charge >= 0.3 is 5.69 Å². The summed E-state index contributed by atoms with van der Waals surface area (Å²) in [6.45, 7) is 2.91. The first-order valence-corrected chi connectivity index (χ1v) is 9.68. The molecule has 0 aliphatic carbocycles. The van der Waals surface area contributed by atoms with Gasteiger partial charge in [0.2, 0.25) is 0 Å². The third kappa shape index (κ3) is 3.84. The Morgan fingerprint density at radius 2 is 1.70 bits per heavy atom. The monoisotopic (exact) mass is 382 g/mol. The molecule has 1 fully saturated rings. The van der Waals surface area contributed by atoms with Crippen molar-refractivity contribution in [3.05, 3.63) is 81.5 Å². The Bertz CT molecular complexity index is 954. The van der Waals surface area contributed by atoms with E-state index < -0.39 is 0 Å². The van der Waals surface area contributed by atoms with Crippen LogP contribution in [0.3, 0.4) is 0 Å². The second-order valence-corrected chi connectivity index (χ2v) is 7.55. The van der Waals surface area contributed by atoms with Crippen molar-refractivity contribution in [1.82, 2.24) is 19.2 Å². The second kappa shape index (κ2) is 7.71. The molecule has 1 aromatic heterocycles. The van der Waals surface area contributed by atoms with Crippen LogP contribution in [0, 0.1) is 0 Å². The van der Waals surface area contributed by atoms with E-state index in [0.717, 1.165) is 49.0 Å². The molecule has 0 radical (unpaired) electrons.